The lowest BCUT2D eigenvalue weighted by Crippen LogP contribution is -2.23. The van der Waals surface area contributed by atoms with Crippen molar-refractivity contribution in [1.82, 2.24) is 9.97 Å². The Bertz CT molecular complexity index is 2250. The van der Waals surface area contributed by atoms with E-state index in [1.165, 1.54) is 144 Å². The molecule has 5 aliphatic rings. The fourth-order valence-corrected chi connectivity index (χ4v) is 28.5. The number of aromatic amines is 2. The molecule has 0 aromatic carbocycles. The van der Waals surface area contributed by atoms with Crippen molar-refractivity contribution in [3.05, 3.63) is 100 Å². The highest BCUT2D eigenvalue weighted by Crippen LogP contribution is 2.69. The molecule has 0 aliphatic carbocycles. The first-order chi connectivity index (χ1) is 30.5. The number of nitrogens with one attached hydrogen (secondary N) is 2. The molecule has 0 radical (unpaired) electrons. The Morgan fingerprint density at radius 1 is 0.359 bits per heavy atom. The molecule has 344 valence electrons. The van der Waals surface area contributed by atoms with Crippen molar-refractivity contribution in [2.45, 2.75) is 150 Å². The number of thiophene rings is 2. The van der Waals surface area contributed by atoms with Gasteiger partial charge < -0.3 is 9.97 Å². The monoisotopic (exact) mass is 1110 g/mol. The van der Waals surface area contributed by atoms with Crippen molar-refractivity contribution in [1.29, 1.82) is 0 Å². The Labute approximate surface area is 442 Å². The van der Waals surface area contributed by atoms with Crippen molar-refractivity contribution in [2.24, 2.45) is 0 Å². The largest absolute Gasteiger partial charge is 0.359 e. The number of fused-ring (bicyclic) bond motifs is 14. The van der Waals surface area contributed by atoms with Crippen molar-refractivity contribution in [3.8, 4) is 0 Å². The maximum atomic E-state index is 4.22. The number of aromatic nitrogens is 2. The van der Waals surface area contributed by atoms with E-state index in [1.807, 2.05) is 117 Å². The van der Waals surface area contributed by atoms with E-state index in [1.54, 1.807) is 0 Å². The third-order valence-corrected chi connectivity index (χ3v) is 33.6. The normalized spacial score (nSPS) is 20.7. The number of rotatable bonds is 12. The van der Waals surface area contributed by atoms with Gasteiger partial charge in [-0.2, -0.15) is 0 Å². The fraction of sp³-hybridized carbons (Fsp3) is 0.500. The zero-order valence-electron chi connectivity index (χ0n) is 38.7. The van der Waals surface area contributed by atoms with Gasteiger partial charge in [0.1, 0.15) is 0 Å². The second kappa shape index (κ2) is 20.0. The molecular formula is C48H58N2S14. The Morgan fingerprint density at radius 2 is 0.578 bits per heavy atom. The van der Waals surface area contributed by atoms with Crippen molar-refractivity contribution < 1.29 is 0 Å². The topological polar surface area (TPSA) is 31.6 Å². The molecule has 8 bridgehead atoms. The third-order valence-electron chi connectivity index (χ3n) is 11.9. The lowest BCUT2D eigenvalue weighted by atomic mass is 9.86. The first-order valence-corrected chi connectivity index (χ1v) is 34.3. The van der Waals surface area contributed by atoms with Gasteiger partial charge in [-0.1, -0.05) is 122 Å². The summed E-state index contributed by atoms with van der Waals surface area (Å²) >= 11 is 28.5. The molecule has 9 rings (SSSR count). The zero-order valence-corrected chi connectivity index (χ0v) is 50.1. The Morgan fingerprint density at radius 3 is 0.797 bits per heavy atom. The van der Waals surface area contributed by atoms with E-state index < -0.39 is 0 Å². The van der Waals surface area contributed by atoms with Crippen LogP contribution in [0, 0.1) is 0 Å². The van der Waals surface area contributed by atoms with E-state index in [9.17, 15) is 0 Å². The summed E-state index contributed by atoms with van der Waals surface area (Å²) in [5.41, 5.74) is 4.54. The van der Waals surface area contributed by atoms with Crippen LogP contribution in [0.1, 0.15) is 151 Å². The smallest absolute Gasteiger partial charge is 0.0717 e. The van der Waals surface area contributed by atoms with Crippen LogP contribution in [0.15, 0.2) is 77.7 Å². The highest BCUT2D eigenvalue weighted by atomic mass is 32.3. The van der Waals surface area contributed by atoms with Crippen LogP contribution in [-0.4, -0.2) is 33.0 Å². The number of hydrogen-bond donors (Lipinski definition) is 2. The third kappa shape index (κ3) is 9.15. The van der Waals surface area contributed by atoms with E-state index in [2.05, 4.69) is 164 Å². The van der Waals surface area contributed by atoms with Crippen LogP contribution >= 0.6 is 164 Å². The zero-order chi connectivity index (χ0) is 45.3. The molecule has 0 amide bonds. The van der Waals surface area contributed by atoms with Gasteiger partial charge >= 0.3 is 0 Å². The van der Waals surface area contributed by atoms with Gasteiger partial charge in [-0.05, 0) is 128 Å². The van der Waals surface area contributed by atoms with Crippen molar-refractivity contribution in [3.63, 3.8) is 0 Å². The summed E-state index contributed by atoms with van der Waals surface area (Å²) in [5, 5.41) is 0. The summed E-state index contributed by atoms with van der Waals surface area (Å²) < 4.78 is 11.9. The van der Waals surface area contributed by atoms with Gasteiger partial charge in [-0.15, -0.1) is 69.7 Å². The molecule has 0 saturated heterocycles. The van der Waals surface area contributed by atoms with Crippen molar-refractivity contribution >= 4 is 164 Å². The fourth-order valence-electron chi connectivity index (χ4n) is 8.02. The average Bonchev–Trinajstić information content (AvgIpc) is 4.10. The molecule has 0 unspecified atom stereocenters. The summed E-state index contributed by atoms with van der Waals surface area (Å²) in [6.45, 7) is 28.9. The molecule has 5 aliphatic heterocycles. The van der Waals surface area contributed by atoms with Crippen LogP contribution in [0.4, 0.5) is 0 Å². The van der Waals surface area contributed by atoms with Crippen LogP contribution < -0.4 is 0 Å². The molecule has 0 spiro atoms. The standard InChI is InChI=1S/C48H58N2S14/c1-13-21-51-37-38(52-22-14-2)62-43(61-37)41-57-29-30(58-41)34-46(7,8)26-18-20-28(56-26)48(11,12)36-32-31(59-42(60-32)44-63-39(53-23-15-3)40(64-44)54-24-16-4)35(50-36)47(9,10)27-19-17-25(55-27)45(5,6)33(29)49-34/h17-20,49-50H,13-16,21-24H2,1-12H3. The molecule has 0 fully saturated rings. The maximum absolute atomic E-state index is 4.22. The number of thioether (sulfide) groups is 12. The van der Waals surface area contributed by atoms with Crippen LogP contribution in [-0.2, 0) is 21.7 Å². The molecule has 4 aromatic heterocycles. The highest BCUT2D eigenvalue weighted by Gasteiger charge is 2.46. The number of H-pyrrole nitrogens is 2. The maximum Gasteiger partial charge on any atom is 0.0717 e. The molecule has 16 heteroatoms. The van der Waals surface area contributed by atoms with Crippen LogP contribution in [0.3, 0.4) is 0 Å². The summed E-state index contributed by atoms with van der Waals surface area (Å²) in [7, 11) is 0. The Kier molecular flexibility index (Phi) is 15.6. The van der Waals surface area contributed by atoms with Gasteiger partial charge in [0.2, 0.25) is 0 Å². The molecule has 4 aromatic rings. The van der Waals surface area contributed by atoms with Crippen LogP contribution in [0.5, 0.6) is 0 Å². The van der Waals surface area contributed by atoms with E-state index in [-0.39, 0.29) is 21.7 Å². The summed E-state index contributed by atoms with van der Waals surface area (Å²) in [4.78, 5) is 19.8. The molecule has 2 N–H and O–H groups in total. The molecule has 64 heavy (non-hydrogen) atoms. The van der Waals surface area contributed by atoms with Crippen LogP contribution in [0.25, 0.3) is 0 Å². The molecule has 0 saturated carbocycles. The quantitative estimate of drug-likeness (QED) is 0.142. The first kappa shape index (κ1) is 50.1. The Balaban J connectivity index is 1.14. The minimum Gasteiger partial charge on any atom is -0.359 e. The highest BCUT2D eigenvalue weighted by molar-refractivity contribution is 8.43. The van der Waals surface area contributed by atoms with Gasteiger partial charge in [0.05, 0.1) is 33.9 Å². The van der Waals surface area contributed by atoms with E-state index >= 15 is 0 Å². The van der Waals surface area contributed by atoms with E-state index in [0.717, 1.165) is 0 Å². The molecular weight excluding hydrogens is 1050 g/mol. The Hall–Kier alpha value is 1.12. The van der Waals surface area contributed by atoms with Gasteiger partial charge in [-0.25, -0.2) is 0 Å². The minimum absolute atomic E-state index is 0.223. The molecule has 2 nitrogen and oxygen atoms in total. The minimum atomic E-state index is -0.223. The number of hydrogen-bond acceptors (Lipinski definition) is 14. The first-order valence-electron chi connectivity index (χ1n) is 22.2. The van der Waals surface area contributed by atoms with Crippen LogP contribution in [0.2, 0.25) is 0 Å². The lowest BCUT2D eigenvalue weighted by Gasteiger charge is -2.28. The second-order valence-electron chi connectivity index (χ2n) is 18.4. The predicted octanol–water partition coefficient (Wildman–Crippen LogP) is 20.5. The summed E-state index contributed by atoms with van der Waals surface area (Å²) in [5.74, 6) is 4.71. The molecule has 0 atom stereocenters. The predicted molar refractivity (Wildman–Crippen MR) is 312 cm³/mol. The van der Waals surface area contributed by atoms with E-state index in [4.69, 9.17) is 0 Å². The van der Waals surface area contributed by atoms with Gasteiger partial charge in [-0.3, -0.25) is 0 Å². The van der Waals surface area contributed by atoms with E-state index in [0.29, 0.717) is 0 Å². The average molecular weight is 1110 g/mol. The lowest BCUT2D eigenvalue weighted by molar-refractivity contribution is 0.592. The summed E-state index contributed by atoms with van der Waals surface area (Å²) in [6.07, 6.45) is 4.80. The SMILES string of the molecule is CCCSC1=C(SCCC)SC(=C2Sc3c4[nH]c(c3S2)C(C)(C)c2ccc(s2)C(C)(C)c2[nH]c(c3c2SC(=C2SC(SCCC)=C(SCCC)S2)S3)C(C)(C)c2ccc(s2)C4(C)C)S1. The second-order valence-corrected chi connectivity index (χ2v) is 35.2. The van der Waals surface area contributed by atoms with Gasteiger partial charge in [0.25, 0.3) is 0 Å². The molecule has 9 heterocycles. The van der Waals surface area contributed by atoms with Gasteiger partial charge in [0.15, 0.2) is 0 Å². The van der Waals surface area contributed by atoms with Gasteiger partial charge in [0, 0.05) is 83.5 Å². The van der Waals surface area contributed by atoms with Crippen molar-refractivity contribution in [2.75, 3.05) is 23.0 Å². The summed E-state index contributed by atoms with van der Waals surface area (Å²) in [6, 6.07) is 9.79.